The molecule has 1 saturated heterocycles. The Morgan fingerprint density at radius 2 is 1.41 bits per heavy atom. The first-order chi connectivity index (χ1) is 13.7. The van der Waals surface area contributed by atoms with Crippen LogP contribution in [0.5, 0.6) is 0 Å². The summed E-state index contributed by atoms with van der Waals surface area (Å²) in [6.45, 7) is 4.70. The van der Waals surface area contributed by atoms with Crippen molar-refractivity contribution in [3.8, 4) is 0 Å². The first-order valence-electron chi connectivity index (χ1n) is 11.5. The van der Waals surface area contributed by atoms with Crippen LogP contribution in [0.1, 0.15) is 77.0 Å². The fourth-order valence-electron chi connectivity index (χ4n) is 4.17. The molecule has 5 heteroatoms. The van der Waals surface area contributed by atoms with Crippen molar-refractivity contribution >= 4 is 11.8 Å². The summed E-state index contributed by atoms with van der Waals surface area (Å²) in [6.07, 6.45) is 15.5. The number of hydrogen-bond donors (Lipinski definition) is 1. The summed E-state index contributed by atoms with van der Waals surface area (Å²) in [5, 5.41) is 2.74. The van der Waals surface area contributed by atoms with Crippen molar-refractivity contribution < 1.29 is 38.0 Å². The van der Waals surface area contributed by atoms with E-state index in [1.165, 1.54) is 88.3 Å². The molecule has 0 bridgehead atoms. The van der Waals surface area contributed by atoms with Gasteiger partial charge >= 0.3 is 6.09 Å². The number of carbonyl (C=O) groups is 1. The SMILES string of the molecule is C[N+]1(CCCCCCCCCCCOC(=O)Nc2ccccc2)CCCCC1.[I-]. The first-order valence-corrected chi connectivity index (χ1v) is 11.5. The predicted octanol–water partition coefficient (Wildman–Crippen LogP) is 3.38. The molecule has 1 N–H and O–H groups in total. The van der Waals surface area contributed by atoms with Gasteiger partial charge in [0.15, 0.2) is 0 Å². The van der Waals surface area contributed by atoms with Gasteiger partial charge in [0.2, 0.25) is 0 Å². The Bertz CT molecular complexity index is 533. The maximum Gasteiger partial charge on any atom is 0.411 e. The van der Waals surface area contributed by atoms with Crippen LogP contribution in [0.4, 0.5) is 10.5 Å². The van der Waals surface area contributed by atoms with Gasteiger partial charge in [-0.1, -0.05) is 56.7 Å². The van der Waals surface area contributed by atoms with E-state index in [0.29, 0.717) is 6.61 Å². The smallest absolute Gasteiger partial charge is 0.411 e. The molecule has 0 radical (unpaired) electrons. The molecular weight excluding hydrogens is 475 g/mol. The standard InChI is InChI=1S/C24H40N2O2.HI/c1-26(20-14-10-15-21-26)19-13-7-5-3-2-4-6-8-16-22-28-24(27)25-23-17-11-9-12-18-23;/h9,11-12,17-18H,2-8,10,13-16,19-22H2,1H3;1H. The molecule has 1 aromatic rings. The van der Waals surface area contributed by atoms with Crippen molar-refractivity contribution in [3.63, 3.8) is 0 Å². The summed E-state index contributed by atoms with van der Waals surface area (Å²) < 4.78 is 6.55. The molecule has 2 rings (SSSR count). The number of ether oxygens (including phenoxy) is 1. The second-order valence-electron chi connectivity index (χ2n) is 8.66. The number of nitrogens with zero attached hydrogens (tertiary/aromatic N) is 1. The Kier molecular flexibility index (Phi) is 14.4. The molecule has 0 unspecified atom stereocenters. The molecule has 4 nitrogen and oxygen atoms in total. The molecular formula is C24H41IN2O2. The zero-order valence-corrected chi connectivity index (χ0v) is 20.5. The van der Waals surface area contributed by atoms with Gasteiger partial charge in [-0.3, -0.25) is 5.32 Å². The number of amides is 1. The summed E-state index contributed by atoms with van der Waals surface area (Å²) in [4.78, 5) is 11.7. The zero-order valence-electron chi connectivity index (χ0n) is 18.3. The van der Waals surface area contributed by atoms with Gasteiger partial charge in [0.1, 0.15) is 0 Å². The van der Waals surface area contributed by atoms with E-state index < -0.39 is 0 Å². The third-order valence-electron chi connectivity index (χ3n) is 5.99. The van der Waals surface area contributed by atoms with Gasteiger partial charge < -0.3 is 33.2 Å². The first kappa shape index (κ1) is 26.2. The maximum absolute atomic E-state index is 11.7. The van der Waals surface area contributed by atoms with E-state index in [9.17, 15) is 4.79 Å². The number of piperidine rings is 1. The normalized spacial score (nSPS) is 15.3. The van der Waals surface area contributed by atoms with E-state index in [4.69, 9.17) is 4.74 Å². The van der Waals surface area contributed by atoms with Crippen LogP contribution >= 0.6 is 0 Å². The zero-order chi connectivity index (χ0) is 19.9. The molecule has 166 valence electrons. The fraction of sp³-hybridized carbons (Fsp3) is 0.708. The molecule has 0 saturated carbocycles. The Morgan fingerprint density at radius 1 is 0.862 bits per heavy atom. The molecule has 1 fully saturated rings. The van der Waals surface area contributed by atoms with Crippen molar-refractivity contribution in [1.82, 2.24) is 0 Å². The molecule has 1 aliphatic heterocycles. The molecule has 0 spiro atoms. The number of anilines is 1. The quantitative estimate of drug-likeness (QED) is 0.248. The third kappa shape index (κ3) is 12.5. The van der Waals surface area contributed by atoms with E-state index >= 15 is 0 Å². The number of para-hydroxylation sites is 1. The Hall–Kier alpha value is -0.820. The van der Waals surface area contributed by atoms with Gasteiger partial charge in [-0.2, -0.15) is 0 Å². The molecule has 29 heavy (non-hydrogen) atoms. The Morgan fingerprint density at radius 3 is 2.03 bits per heavy atom. The van der Waals surface area contributed by atoms with Crippen LogP contribution < -0.4 is 29.3 Å². The van der Waals surface area contributed by atoms with Crippen LogP contribution in [0.2, 0.25) is 0 Å². The number of unbranched alkanes of at least 4 members (excludes halogenated alkanes) is 8. The molecule has 0 atom stereocenters. The second kappa shape index (κ2) is 15.9. The van der Waals surface area contributed by atoms with Crippen molar-refractivity contribution in [3.05, 3.63) is 30.3 Å². The number of rotatable bonds is 13. The van der Waals surface area contributed by atoms with Gasteiger partial charge in [-0.25, -0.2) is 4.79 Å². The number of quaternary nitrogens is 1. The second-order valence-corrected chi connectivity index (χ2v) is 8.66. The molecule has 1 amide bonds. The van der Waals surface area contributed by atoms with Crippen molar-refractivity contribution in [2.75, 3.05) is 38.6 Å². The molecule has 1 heterocycles. The topological polar surface area (TPSA) is 38.3 Å². The number of nitrogens with one attached hydrogen (secondary N) is 1. The highest BCUT2D eigenvalue weighted by Crippen LogP contribution is 2.18. The molecule has 0 aromatic heterocycles. The predicted molar refractivity (Wildman–Crippen MR) is 118 cm³/mol. The fourth-order valence-corrected chi connectivity index (χ4v) is 4.17. The highest BCUT2D eigenvalue weighted by molar-refractivity contribution is 5.84. The maximum atomic E-state index is 11.7. The van der Waals surface area contributed by atoms with Crippen LogP contribution in [-0.2, 0) is 4.74 Å². The lowest BCUT2D eigenvalue weighted by Gasteiger charge is -2.37. The highest BCUT2D eigenvalue weighted by Gasteiger charge is 2.23. The summed E-state index contributed by atoms with van der Waals surface area (Å²) >= 11 is 0. The van der Waals surface area contributed by atoms with Crippen LogP contribution in [0, 0.1) is 0 Å². The average Bonchev–Trinajstić information content (AvgIpc) is 2.70. The van der Waals surface area contributed by atoms with E-state index in [0.717, 1.165) is 18.5 Å². The number of halogens is 1. The van der Waals surface area contributed by atoms with Gasteiger partial charge in [-0.05, 0) is 50.7 Å². The van der Waals surface area contributed by atoms with Crippen molar-refractivity contribution in [2.45, 2.75) is 77.0 Å². The average molecular weight is 517 g/mol. The lowest BCUT2D eigenvalue weighted by Crippen LogP contribution is -3.00. The molecule has 1 aromatic carbocycles. The van der Waals surface area contributed by atoms with Crippen molar-refractivity contribution in [2.24, 2.45) is 0 Å². The van der Waals surface area contributed by atoms with Crippen LogP contribution in [0.25, 0.3) is 0 Å². The van der Waals surface area contributed by atoms with Gasteiger partial charge in [0.25, 0.3) is 0 Å². The molecule has 1 aliphatic rings. The van der Waals surface area contributed by atoms with Crippen LogP contribution in [-0.4, -0.2) is 43.9 Å². The Labute approximate surface area is 195 Å². The number of carbonyl (C=O) groups excluding carboxylic acids is 1. The number of likely N-dealkylation sites (tertiary alicyclic amines) is 1. The number of hydrogen-bond acceptors (Lipinski definition) is 2. The highest BCUT2D eigenvalue weighted by atomic mass is 127. The van der Waals surface area contributed by atoms with Gasteiger partial charge in [0.05, 0.1) is 33.3 Å². The minimum Gasteiger partial charge on any atom is -1.00 e. The summed E-state index contributed by atoms with van der Waals surface area (Å²) in [6, 6.07) is 9.43. The minimum atomic E-state index is -0.355. The Balaban J connectivity index is 0.00000420. The third-order valence-corrected chi connectivity index (χ3v) is 5.99. The van der Waals surface area contributed by atoms with Gasteiger partial charge in [0, 0.05) is 5.69 Å². The van der Waals surface area contributed by atoms with E-state index in [1.807, 2.05) is 30.3 Å². The van der Waals surface area contributed by atoms with Crippen LogP contribution in [0.3, 0.4) is 0 Å². The van der Waals surface area contributed by atoms with E-state index in [-0.39, 0.29) is 30.1 Å². The monoisotopic (exact) mass is 516 g/mol. The summed E-state index contributed by atoms with van der Waals surface area (Å²) in [5.74, 6) is 0. The van der Waals surface area contributed by atoms with Crippen molar-refractivity contribution in [1.29, 1.82) is 0 Å². The van der Waals surface area contributed by atoms with Gasteiger partial charge in [-0.15, -0.1) is 0 Å². The summed E-state index contributed by atoms with van der Waals surface area (Å²) in [7, 11) is 2.45. The lowest BCUT2D eigenvalue weighted by molar-refractivity contribution is -0.914. The lowest BCUT2D eigenvalue weighted by atomic mass is 10.1. The van der Waals surface area contributed by atoms with Crippen LogP contribution in [0.15, 0.2) is 30.3 Å². The largest absolute Gasteiger partial charge is 1.00 e. The van der Waals surface area contributed by atoms with E-state index in [1.54, 1.807) is 0 Å². The van der Waals surface area contributed by atoms with E-state index in [2.05, 4.69) is 12.4 Å². The summed E-state index contributed by atoms with van der Waals surface area (Å²) in [5.41, 5.74) is 0.777. The molecule has 0 aliphatic carbocycles. The minimum absolute atomic E-state index is 0. The number of benzene rings is 1.